The summed E-state index contributed by atoms with van der Waals surface area (Å²) in [5.74, 6) is 0. The lowest BCUT2D eigenvalue weighted by molar-refractivity contribution is 0.0561. The second kappa shape index (κ2) is 2.72. The smallest absolute Gasteiger partial charge is 0.0642 e. The maximum absolute atomic E-state index is 5.09. The van der Waals surface area contributed by atoms with Gasteiger partial charge >= 0.3 is 0 Å². The van der Waals surface area contributed by atoms with Gasteiger partial charge in [0.1, 0.15) is 0 Å². The predicted octanol–water partition coefficient (Wildman–Crippen LogP) is 0.265. The van der Waals surface area contributed by atoms with E-state index in [0.29, 0.717) is 0 Å². The molecule has 0 unspecified atom stereocenters. The molecular formula is C6H10NO. The molecule has 1 saturated heterocycles. The average Bonchev–Trinajstić information content (AvgIpc) is 1.90. The molecule has 0 bridgehead atoms. The van der Waals surface area contributed by atoms with Crippen LogP contribution in [0.3, 0.4) is 0 Å². The summed E-state index contributed by atoms with van der Waals surface area (Å²) < 4.78 is 5.09. The Kier molecular flexibility index (Phi) is 1.92. The van der Waals surface area contributed by atoms with E-state index in [9.17, 15) is 0 Å². The summed E-state index contributed by atoms with van der Waals surface area (Å²) in [5.41, 5.74) is 0. The van der Waals surface area contributed by atoms with Gasteiger partial charge in [-0.1, -0.05) is 6.58 Å². The van der Waals surface area contributed by atoms with E-state index in [0.717, 1.165) is 26.3 Å². The van der Waals surface area contributed by atoms with E-state index >= 15 is 0 Å². The Morgan fingerprint density at radius 3 is 2.38 bits per heavy atom. The van der Waals surface area contributed by atoms with Crippen molar-refractivity contribution in [2.24, 2.45) is 0 Å². The summed E-state index contributed by atoms with van der Waals surface area (Å²) >= 11 is 0. The maximum atomic E-state index is 5.09. The molecule has 1 aliphatic heterocycles. The van der Waals surface area contributed by atoms with Crippen molar-refractivity contribution in [3.8, 4) is 0 Å². The topological polar surface area (TPSA) is 12.5 Å². The minimum Gasteiger partial charge on any atom is -0.378 e. The molecule has 0 amide bonds. The van der Waals surface area contributed by atoms with Crippen LogP contribution in [0.2, 0.25) is 0 Å². The summed E-state index contributed by atoms with van der Waals surface area (Å²) in [4.78, 5) is 2.03. The van der Waals surface area contributed by atoms with Gasteiger partial charge in [0.25, 0.3) is 0 Å². The standard InChI is InChI=1S/C6H10NO/c1-2-7-3-5-8-6-4-7/h1,3-6H2. The molecule has 8 heavy (non-hydrogen) atoms. The van der Waals surface area contributed by atoms with Gasteiger partial charge in [-0.15, -0.1) is 0 Å². The van der Waals surface area contributed by atoms with Crippen molar-refractivity contribution in [2.45, 2.75) is 0 Å². The quantitative estimate of drug-likeness (QED) is 0.482. The Labute approximate surface area is 49.7 Å². The lowest BCUT2D eigenvalue weighted by Crippen LogP contribution is -2.32. The van der Waals surface area contributed by atoms with Crippen molar-refractivity contribution in [2.75, 3.05) is 26.3 Å². The van der Waals surface area contributed by atoms with Crippen LogP contribution in [0.4, 0.5) is 0 Å². The summed E-state index contributed by atoms with van der Waals surface area (Å²) in [6.07, 6.45) is 2.81. The first-order valence-electron chi connectivity index (χ1n) is 2.79. The monoisotopic (exact) mass is 112 g/mol. The first-order chi connectivity index (χ1) is 3.93. The van der Waals surface area contributed by atoms with Crippen LogP contribution in [-0.2, 0) is 4.74 Å². The molecule has 0 aromatic heterocycles. The van der Waals surface area contributed by atoms with Gasteiger partial charge in [-0.3, -0.25) is 0 Å². The number of morpholine rings is 1. The van der Waals surface area contributed by atoms with Crippen molar-refractivity contribution in [3.05, 3.63) is 12.8 Å². The lowest BCUT2D eigenvalue weighted by atomic mass is 10.5. The van der Waals surface area contributed by atoms with E-state index < -0.39 is 0 Å². The van der Waals surface area contributed by atoms with E-state index in [-0.39, 0.29) is 0 Å². The largest absolute Gasteiger partial charge is 0.378 e. The van der Waals surface area contributed by atoms with Gasteiger partial charge in [-0.25, -0.2) is 0 Å². The average molecular weight is 112 g/mol. The van der Waals surface area contributed by atoms with E-state index in [2.05, 4.69) is 12.8 Å². The fraction of sp³-hybridized carbons (Fsp3) is 0.667. The molecule has 0 aromatic rings. The highest BCUT2D eigenvalue weighted by Gasteiger charge is 2.03. The van der Waals surface area contributed by atoms with Gasteiger partial charge in [0.05, 0.1) is 19.4 Å². The molecule has 45 valence electrons. The molecule has 2 heteroatoms. The molecule has 1 rings (SSSR count). The number of hydrogen-bond donors (Lipinski definition) is 0. The Hall–Kier alpha value is -0.500. The fourth-order valence-electron chi connectivity index (χ4n) is 0.721. The third-order valence-electron chi connectivity index (χ3n) is 1.23. The normalized spacial score (nSPS) is 20.8. The summed E-state index contributed by atoms with van der Waals surface area (Å²) in [6.45, 7) is 7.07. The van der Waals surface area contributed by atoms with Crippen LogP contribution in [0.5, 0.6) is 0 Å². The van der Waals surface area contributed by atoms with Gasteiger partial charge in [0.2, 0.25) is 0 Å². The lowest BCUT2D eigenvalue weighted by Gasteiger charge is -2.23. The maximum Gasteiger partial charge on any atom is 0.0642 e. The molecule has 0 aliphatic carbocycles. The number of rotatable bonds is 1. The van der Waals surface area contributed by atoms with Crippen LogP contribution in [0.1, 0.15) is 0 Å². The number of hydrogen-bond acceptors (Lipinski definition) is 2. The molecule has 1 aliphatic rings. The van der Waals surface area contributed by atoms with Gasteiger partial charge in [-0.2, -0.15) is 0 Å². The zero-order valence-electron chi connectivity index (χ0n) is 4.89. The minimum absolute atomic E-state index is 0.822. The van der Waals surface area contributed by atoms with Gasteiger partial charge in [0, 0.05) is 13.1 Å². The third kappa shape index (κ3) is 1.23. The minimum atomic E-state index is 0.822. The first kappa shape index (κ1) is 5.63. The van der Waals surface area contributed by atoms with E-state index in [1.165, 1.54) is 0 Å². The second-order valence-electron chi connectivity index (χ2n) is 1.76. The van der Waals surface area contributed by atoms with Crippen molar-refractivity contribution in [3.63, 3.8) is 0 Å². The third-order valence-corrected chi connectivity index (χ3v) is 1.23. The van der Waals surface area contributed by atoms with Gasteiger partial charge in [0.15, 0.2) is 0 Å². The van der Waals surface area contributed by atoms with Crippen molar-refractivity contribution in [1.82, 2.24) is 4.90 Å². The molecule has 0 spiro atoms. The van der Waals surface area contributed by atoms with E-state index in [4.69, 9.17) is 4.74 Å². The second-order valence-corrected chi connectivity index (χ2v) is 1.76. The Morgan fingerprint density at radius 2 is 2.00 bits per heavy atom. The van der Waals surface area contributed by atoms with Crippen LogP contribution in [0, 0.1) is 6.20 Å². The van der Waals surface area contributed by atoms with Crippen LogP contribution >= 0.6 is 0 Å². The molecule has 0 saturated carbocycles. The molecule has 1 fully saturated rings. The molecule has 1 radical (unpaired) electrons. The van der Waals surface area contributed by atoms with Crippen molar-refractivity contribution in [1.29, 1.82) is 0 Å². The van der Waals surface area contributed by atoms with Crippen LogP contribution in [0.25, 0.3) is 0 Å². The van der Waals surface area contributed by atoms with Gasteiger partial charge in [-0.05, 0) is 0 Å². The highest BCUT2D eigenvalue weighted by atomic mass is 16.5. The van der Waals surface area contributed by atoms with Crippen molar-refractivity contribution >= 4 is 0 Å². The number of ether oxygens (including phenoxy) is 1. The zero-order valence-corrected chi connectivity index (χ0v) is 4.89. The molecular weight excluding hydrogens is 102 g/mol. The molecule has 1 heterocycles. The van der Waals surface area contributed by atoms with Crippen LogP contribution in [0.15, 0.2) is 6.58 Å². The zero-order chi connectivity index (χ0) is 5.82. The highest BCUT2D eigenvalue weighted by Crippen LogP contribution is 1.93. The summed E-state index contributed by atoms with van der Waals surface area (Å²) in [6, 6.07) is 0. The summed E-state index contributed by atoms with van der Waals surface area (Å²) in [7, 11) is 0. The Bertz CT molecular complexity index is 76.6. The van der Waals surface area contributed by atoms with E-state index in [1.54, 1.807) is 0 Å². The molecule has 0 aromatic carbocycles. The SMILES string of the molecule is C=[C]N1CCOCC1. The van der Waals surface area contributed by atoms with Crippen molar-refractivity contribution < 1.29 is 4.74 Å². The molecule has 0 N–H and O–H groups in total. The number of nitrogens with zero attached hydrogens (tertiary/aromatic N) is 1. The Balaban J connectivity index is 2.22. The molecule has 2 nitrogen and oxygen atoms in total. The Morgan fingerprint density at radius 1 is 1.38 bits per heavy atom. The summed E-state index contributed by atoms with van der Waals surface area (Å²) in [5, 5.41) is 0. The highest BCUT2D eigenvalue weighted by molar-refractivity contribution is 4.65. The van der Waals surface area contributed by atoms with Crippen LogP contribution < -0.4 is 0 Å². The fourth-order valence-corrected chi connectivity index (χ4v) is 0.721. The predicted molar refractivity (Wildman–Crippen MR) is 31.3 cm³/mol. The van der Waals surface area contributed by atoms with Gasteiger partial charge < -0.3 is 9.64 Å². The molecule has 0 atom stereocenters. The first-order valence-corrected chi connectivity index (χ1v) is 2.79. The van der Waals surface area contributed by atoms with Crippen LogP contribution in [-0.4, -0.2) is 31.2 Å². The van der Waals surface area contributed by atoms with E-state index in [1.807, 2.05) is 4.90 Å².